The summed E-state index contributed by atoms with van der Waals surface area (Å²) in [5.41, 5.74) is -0.922. The first-order valence-corrected chi connectivity index (χ1v) is 8.40. The van der Waals surface area contributed by atoms with Crippen LogP contribution in [0.4, 0.5) is 0 Å². The minimum atomic E-state index is -0.922. The fourth-order valence-electron chi connectivity index (χ4n) is 2.63. The number of halogens is 2. The second-order valence-corrected chi connectivity index (χ2v) is 7.51. The molecule has 1 aromatic carbocycles. The van der Waals surface area contributed by atoms with Crippen molar-refractivity contribution in [1.29, 1.82) is 0 Å². The molecule has 21 heavy (non-hydrogen) atoms. The highest BCUT2D eigenvalue weighted by atomic mass is 79.9. The summed E-state index contributed by atoms with van der Waals surface area (Å²) < 4.78 is 6.78. The van der Waals surface area contributed by atoms with Crippen molar-refractivity contribution in [1.82, 2.24) is 4.90 Å². The first-order valence-electron chi connectivity index (χ1n) is 7.23. The Morgan fingerprint density at radius 3 is 2.81 bits per heavy atom. The SMILES string of the molecule is C[C@@H]1CCCN(C(=O)C(C)(C)Oc2ccc(Br)cc2Cl)C1. The molecular formula is C16H21BrClNO2. The molecule has 5 heteroatoms. The smallest absolute Gasteiger partial charge is 0.266 e. The zero-order chi connectivity index (χ0) is 15.6. The Balaban J connectivity index is 2.11. The number of amides is 1. The molecule has 0 unspecified atom stereocenters. The average Bonchev–Trinajstić information content (AvgIpc) is 2.41. The van der Waals surface area contributed by atoms with Gasteiger partial charge >= 0.3 is 0 Å². The lowest BCUT2D eigenvalue weighted by molar-refractivity contribution is -0.147. The van der Waals surface area contributed by atoms with Gasteiger partial charge in [0.05, 0.1) is 5.02 Å². The number of piperidine rings is 1. The van der Waals surface area contributed by atoms with Gasteiger partial charge in [-0.3, -0.25) is 4.79 Å². The van der Waals surface area contributed by atoms with Gasteiger partial charge < -0.3 is 9.64 Å². The van der Waals surface area contributed by atoms with Crippen LogP contribution in [0.25, 0.3) is 0 Å². The molecule has 0 aliphatic carbocycles. The summed E-state index contributed by atoms with van der Waals surface area (Å²) in [7, 11) is 0. The van der Waals surface area contributed by atoms with Gasteiger partial charge in [0.25, 0.3) is 5.91 Å². The van der Waals surface area contributed by atoms with Crippen molar-refractivity contribution >= 4 is 33.4 Å². The van der Waals surface area contributed by atoms with E-state index >= 15 is 0 Å². The fourth-order valence-corrected chi connectivity index (χ4v) is 3.34. The van der Waals surface area contributed by atoms with E-state index in [1.165, 1.54) is 6.42 Å². The molecule has 3 nitrogen and oxygen atoms in total. The van der Waals surface area contributed by atoms with Crippen LogP contribution in [0.3, 0.4) is 0 Å². The van der Waals surface area contributed by atoms with Crippen molar-refractivity contribution in [2.45, 2.75) is 39.2 Å². The summed E-state index contributed by atoms with van der Waals surface area (Å²) >= 11 is 9.53. The molecule has 1 saturated heterocycles. The maximum Gasteiger partial charge on any atom is 0.266 e. The molecule has 1 atom stereocenters. The van der Waals surface area contributed by atoms with Gasteiger partial charge in [-0.15, -0.1) is 0 Å². The van der Waals surface area contributed by atoms with E-state index in [4.69, 9.17) is 16.3 Å². The Hall–Kier alpha value is -0.740. The number of benzene rings is 1. The summed E-state index contributed by atoms with van der Waals surface area (Å²) in [5, 5.41) is 0.497. The van der Waals surface area contributed by atoms with Gasteiger partial charge in [0.1, 0.15) is 5.75 Å². The Labute approximate surface area is 139 Å². The van der Waals surface area contributed by atoms with Crippen molar-refractivity contribution in [2.24, 2.45) is 5.92 Å². The molecule has 1 aliphatic heterocycles. The van der Waals surface area contributed by atoms with Crippen molar-refractivity contribution in [3.05, 3.63) is 27.7 Å². The molecule has 1 aliphatic rings. The molecule has 0 spiro atoms. The predicted octanol–water partition coefficient (Wildman–Crippen LogP) is 4.52. The summed E-state index contributed by atoms with van der Waals surface area (Å²) in [6.07, 6.45) is 2.24. The van der Waals surface area contributed by atoms with Crippen LogP contribution in [0.15, 0.2) is 22.7 Å². The van der Waals surface area contributed by atoms with Crippen molar-refractivity contribution < 1.29 is 9.53 Å². The van der Waals surface area contributed by atoms with E-state index in [0.717, 1.165) is 24.0 Å². The normalized spacial score (nSPS) is 19.5. The summed E-state index contributed by atoms with van der Waals surface area (Å²) in [6, 6.07) is 5.39. The fraction of sp³-hybridized carbons (Fsp3) is 0.562. The molecule has 1 heterocycles. The number of hydrogen-bond donors (Lipinski definition) is 0. The molecule has 0 saturated carbocycles. The number of likely N-dealkylation sites (tertiary alicyclic amines) is 1. The topological polar surface area (TPSA) is 29.5 Å². The van der Waals surface area contributed by atoms with E-state index < -0.39 is 5.60 Å². The first kappa shape index (κ1) is 16.6. The van der Waals surface area contributed by atoms with Gasteiger partial charge in [0, 0.05) is 17.6 Å². The molecule has 0 radical (unpaired) electrons. The Morgan fingerprint density at radius 2 is 2.19 bits per heavy atom. The molecule has 0 bridgehead atoms. The Morgan fingerprint density at radius 1 is 1.48 bits per heavy atom. The van der Waals surface area contributed by atoms with Crippen LogP contribution >= 0.6 is 27.5 Å². The van der Waals surface area contributed by atoms with E-state index in [0.29, 0.717) is 16.7 Å². The largest absolute Gasteiger partial charge is 0.476 e. The summed E-state index contributed by atoms with van der Waals surface area (Å²) in [5.74, 6) is 1.10. The molecule has 116 valence electrons. The van der Waals surface area contributed by atoms with Crippen LogP contribution in [-0.4, -0.2) is 29.5 Å². The molecule has 2 rings (SSSR count). The van der Waals surface area contributed by atoms with Gasteiger partial charge in [-0.05, 0) is 50.8 Å². The van der Waals surface area contributed by atoms with Crippen molar-refractivity contribution in [3.8, 4) is 5.75 Å². The van der Waals surface area contributed by atoms with Crippen LogP contribution in [0.1, 0.15) is 33.6 Å². The molecule has 0 N–H and O–H groups in total. The third-order valence-corrected chi connectivity index (χ3v) is 4.51. The van der Waals surface area contributed by atoms with Gasteiger partial charge in [0.2, 0.25) is 0 Å². The lowest BCUT2D eigenvalue weighted by Gasteiger charge is -2.36. The lowest BCUT2D eigenvalue weighted by Crippen LogP contribution is -2.51. The van der Waals surface area contributed by atoms with Gasteiger partial charge in [-0.1, -0.05) is 34.5 Å². The number of ether oxygens (including phenoxy) is 1. The number of rotatable bonds is 3. The maximum atomic E-state index is 12.7. The van der Waals surface area contributed by atoms with Crippen LogP contribution in [-0.2, 0) is 4.79 Å². The third kappa shape index (κ3) is 4.13. The van der Waals surface area contributed by atoms with Crippen molar-refractivity contribution in [3.63, 3.8) is 0 Å². The second kappa shape index (κ2) is 6.57. The van der Waals surface area contributed by atoms with Gasteiger partial charge in [0.15, 0.2) is 5.60 Å². The summed E-state index contributed by atoms with van der Waals surface area (Å²) in [4.78, 5) is 14.6. The molecular weight excluding hydrogens is 354 g/mol. The van der Waals surface area contributed by atoms with Crippen molar-refractivity contribution in [2.75, 3.05) is 13.1 Å². The highest BCUT2D eigenvalue weighted by molar-refractivity contribution is 9.10. The highest BCUT2D eigenvalue weighted by Crippen LogP contribution is 2.31. The predicted molar refractivity (Wildman–Crippen MR) is 88.8 cm³/mol. The first-order chi connectivity index (χ1) is 9.79. The zero-order valence-electron chi connectivity index (χ0n) is 12.7. The van der Waals surface area contributed by atoms with Gasteiger partial charge in [-0.2, -0.15) is 0 Å². The average molecular weight is 375 g/mol. The van der Waals surface area contributed by atoms with Crippen LogP contribution in [0.5, 0.6) is 5.75 Å². The number of carbonyl (C=O) groups is 1. The molecule has 1 aromatic rings. The van der Waals surface area contributed by atoms with Crippen LogP contribution in [0, 0.1) is 5.92 Å². The van der Waals surface area contributed by atoms with Gasteiger partial charge in [-0.25, -0.2) is 0 Å². The standard InChI is InChI=1S/C16H21BrClNO2/c1-11-5-4-8-19(10-11)15(20)16(2,3)21-14-7-6-12(17)9-13(14)18/h6-7,9,11H,4-5,8,10H2,1-3H3/t11-/m1/s1. The summed E-state index contributed by atoms with van der Waals surface area (Å²) in [6.45, 7) is 7.39. The molecule has 1 fully saturated rings. The number of carbonyl (C=O) groups excluding carboxylic acids is 1. The zero-order valence-corrected chi connectivity index (χ0v) is 15.0. The van der Waals surface area contributed by atoms with E-state index in [2.05, 4.69) is 22.9 Å². The quantitative estimate of drug-likeness (QED) is 0.778. The Kier molecular flexibility index (Phi) is 5.20. The second-order valence-electron chi connectivity index (χ2n) is 6.19. The van der Waals surface area contributed by atoms with E-state index in [1.54, 1.807) is 26.0 Å². The number of hydrogen-bond acceptors (Lipinski definition) is 2. The van der Waals surface area contributed by atoms with E-state index in [1.807, 2.05) is 11.0 Å². The highest BCUT2D eigenvalue weighted by Gasteiger charge is 2.36. The monoisotopic (exact) mass is 373 g/mol. The van der Waals surface area contributed by atoms with Crippen LogP contribution < -0.4 is 4.74 Å². The minimum absolute atomic E-state index is 0.0213. The van der Waals surface area contributed by atoms with Crippen LogP contribution in [0.2, 0.25) is 5.02 Å². The number of nitrogens with zero attached hydrogens (tertiary/aromatic N) is 1. The maximum absolute atomic E-state index is 12.7. The van der Waals surface area contributed by atoms with E-state index in [-0.39, 0.29) is 5.91 Å². The minimum Gasteiger partial charge on any atom is -0.476 e. The lowest BCUT2D eigenvalue weighted by atomic mass is 9.98. The third-order valence-electron chi connectivity index (χ3n) is 3.72. The Bertz CT molecular complexity index is 533. The molecule has 0 aromatic heterocycles. The van der Waals surface area contributed by atoms with E-state index in [9.17, 15) is 4.79 Å². The molecule has 1 amide bonds.